The summed E-state index contributed by atoms with van der Waals surface area (Å²) in [6.45, 7) is 0. The zero-order chi connectivity index (χ0) is 11.6. The first-order valence-electron chi connectivity index (χ1n) is 3.55. The summed E-state index contributed by atoms with van der Waals surface area (Å²) in [5.74, 6) is -0.979. The summed E-state index contributed by atoms with van der Waals surface area (Å²) in [5, 5.41) is 10.4. The zero-order valence-corrected chi connectivity index (χ0v) is 9.14. The lowest BCUT2D eigenvalue weighted by Crippen LogP contribution is -2.05. The number of aldehydes is 1. The lowest BCUT2D eigenvalue weighted by Gasteiger charge is -2.04. The number of hydrogen-bond donors (Lipinski definition) is 0. The van der Waals surface area contributed by atoms with Crippen molar-refractivity contribution in [2.75, 3.05) is 0 Å². The van der Waals surface area contributed by atoms with Crippen molar-refractivity contribution in [1.82, 2.24) is 4.98 Å². The molecule has 1 heterocycles. The number of hydrogen-bond acceptors (Lipinski definition) is 4. The Balaban J connectivity index is 3.56. The van der Waals surface area contributed by atoms with Crippen molar-refractivity contribution in [1.29, 1.82) is 0 Å². The van der Waals surface area contributed by atoms with Crippen LogP contribution in [-0.4, -0.2) is 16.2 Å². The highest BCUT2D eigenvalue weighted by atomic mass is 127. The molecule has 0 bridgehead atoms. The van der Waals surface area contributed by atoms with Gasteiger partial charge in [-0.1, -0.05) is 0 Å². The summed E-state index contributed by atoms with van der Waals surface area (Å²) < 4.78 is 25.2. The van der Waals surface area contributed by atoms with Gasteiger partial charge in [-0.25, -0.2) is 8.78 Å². The van der Waals surface area contributed by atoms with Crippen molar-refractivity contribution in [3.63, 3.8) is 0 Å². The third-order valence-electron chi connectivity index (χ3n) is 1.60. The Labute approximate surface area is 95.8 Å². The third kappa shape index (κ3) is 2.25. The van der Waals surface area contributed by atoms with Crippen molar-refractivity contribution in [3.8, 4) is 0 Å². The Hall–Kier alpha value is -1.19. The van der Waals surface area contributed by atoms with Crippen LogP contribution in [0.3, 0.4) is 0 Å². The topological polar surface area (TPSA) is 73.1 Å². The summed E-state index contributed by atoms with van der Waals surface area (Å²) >= 11 is 1.61. The molecule has 0 atom stereocenters. The predicted molar refractivity (Wildman–Crippen MR) is 54.0 cm³/mol. The molecule has 1 aromatic rings. The Morgan fingerprint density at radius 3 is 2.60 bits per heavy atom. The van der Waals surface area contributed by atoms with Crippen LogP contribution in [0.15, 0.2) is 6.20 Å². The Bertz CT molecular complexity index is 425. The Morgan fingerprint density at radius 2 is 2.20 bits per heavy atom. The van der Waals surface area contributed by atoms with Crippen molar-refractivity contribution in [2.45, 2.75) is 6.43 Å². The quantitative estimate of drug-likeness (QED) is 0.369. The van der Waals surface area contributed by atoms with Gasteiger partial charge in [-0.15, -0.1) is 0 Å². The van der Waals surface area contributed by atoms with Gasteiger partial charge in [-0.3, -0.25) is 4.79 Å². The molecule has 0 fully saturated rings. The minimum atomic E-state index is -3.10. The van der Waals surface area contributed by atoms with E-state index >= 15 is 0 Å². The largest absolute Gasteiger partial charge is 0.373 e. The van der Waals surface area contributed by atoms with Crippen LogP contribution in [0.1, 0.15) is 22.3 Å². The molecule has 0 unspecified atom stereocenters. The van der Waals surface area contributed by atoms with Gasteiger partial charge in [0.15, 0.2) is 12.5 Å². The predicted octanol–water partition coefficient (Wildman–Crippen LogP) is 2.34. The molecule has 0 saturated carbocycles. The number of halogens is 3. The fraction of sp³-hybridized carbons (Fsp3) is 0.143. The number of rotatable bonds is 3. The van der Waals surface area contributed by atoms with E-state index in [0.717, 1.165) is 6.20 Å². The van der Waals surface area contributed by atoms with Crippen LogP contribution in [-0.2, 0) is 0 Å². The monoisotopic (exact) mass is 328 g/mol. The second kappa shape index (κ2) is 4.55. The molecule has 15 heavy (non-hydrogen) atoms. The van der Waals surface area contributed by atoms with E-state index in [1.165, 1.54) is 0 Å². The van der Waals surface area contributed by atoms with Crippen LogP contribution in [0.4, 0.5) is 14.6 Å². The fourth-order valence-corrected chi connectivity index (χ4v) is 1.54. The molecular weight excluding hydrogens is 325 g/mol. The third-order valence-corrected chi connectivity index (χ3v) is 2.46. The standard InChI is InChI=1S/C7H3F2IN2O3/c8-6(9)5-3(2-13)4(10)1-11-7(5)12(14)15/h1-2,6H. The first kappa shape index (κ1) is 11.9. The van der Waals surface area contributed by atoms with Gasteiger partial charge < -0.3 is 10.1 Å². The average Bonchev–Trinajstić information content (AvgIpc) is 2.16. The summed E-state index contributed by atoms with van der Waals surface area (Å²) in [4.78, 5) is 23.2. The summed E-state index contributed by atoms with van der Waals surface area (Å²) in [7, 11) is 0. The smallest absolute Gasteiger partial charge is 0.358 e. The first-order chi connectivity index (χ1) is 6.99. The van der Waals surface area contributed by atoms with Gasteiger partial charge in [0.2, 0.25) is 0 Å². The van der Waals surface area contributed by atoms with Crippen LogP contribution in [0, 0.1) is 13.7 Å². The molecule has 0 aromatic carbocycles. The second-order valence-corrected chi connectivity index (χ2v) is 3.59. The lowest BCUT2D eigenvalue weighted by atomic mass is 10.1. The zero-order valence-electron chi connectivity index (χ0n) is 6.99. The number of aromatic nitrogens is 1. The van der Waals surface area contributed by atoms with Crippen LogP contribution in [0.25, 0.3) is 0 Å². The lowest BCUT2D eigenvalue weighted by molar-refractivity contribution is -0.391. The highest BCUT2D eigenvalue weighted by Crippen LogP contribution is 2.31. The first-order valence-corrected chi connectivity index (χ1v) is 4.63. The molecule has 0 saturated heterocycles. The van der Waals surface area contributed by atoms with Crippen molar-refractivity contribution < 1.29 is 18.5 Å². The minimum absolute atomic E-state index is 0.156. The maximum Gasteiger partial charge on any atom is 0.373 e. The Kier molecular flexibility index (Phi) is 3.61. The number of alkyl halides is 2. The van der Waals surface area contributed by atoms with Gasteiger partial charge in [-0.2, -0.15) is 0 Å². The highest BCUT2D eigenvalue weighted by Gasteiger charge is 2.28. The van der Waals surface area contributed by atoms with Crippen LogP contribution in [0.5, 0.6) is 0 Å². The van der Waals surface area contributed by atoms with E-state index in [2.05, 4.69) is 4.98 Å². The summed E-state index contributed by atoms with van der Waals surface area (Å²) in [6, 6.07) is 0. The molecular formula is C7H3F2IN2O3. The molecule has 0 aliphatic carbocycles. The summed E-state index contributed by atoms with van der Waals surface area (Å²) in [6.07, 6.45) is -1.93. The molecule has 1 rings (SSSR count). The molecule has 0 spiro atoms. The second-order valence-electron chi connectivity index (χ2n) is 2.43. The average molecular weight is 328 g/mol. The molecule has 80 valence electrons. The molecule has 8 heteroatoms. The molecule has 0 amide bonds. The maximum absolute atomic E-state index is 12.5. The van der Waals surface area contributed by atoms with E-state index in [1.807, 2.05) is 0 Å². The van der Waals surface area contributed by atoms with Crippen molar-refractivity contribution in [3.05, 3.63) is 31.0 Å². The Morgan fingerprint density at radius 1 is 1.60 bits per heavy atom. The highest BCUT2D eigenvalue weighted by molar-refractivity contribution is 14.1. The number of nitrogens with zero attached hydrogens (tertiary/aromatic N) is 2. The van der Waals surface area contributed by atoms with Crippen LogP contribution < -0.4 is 0 Å². The normalized spacial score (nSPS) is 10.4. The van der Waals surface area contributed by atoms with E-state index in [9.17, 15) is 23.7 Å². The maximum atomic E-state index is 12.5. The summed E-state index contributed by atoms with van der Waals surface area (Å²) in [5.41, 5.74) is -1.31. The molecule has 1 aromatic heterocycles. The molecule has 0 aliphatic rings. The molecule has 0 radical (unpaired) electrons. The SMILES string of the molecule is O=Cc1c(I)cnc([N+](=O)[O-])c1C(F)F. The van der Waals surface area contributed by atoms with Crippen molar-refractivity contribution in [2.24, 2.45) is 0 Å². The van der Waals surface area contributed by atoms with E-state index in [4.69, 9.17) is 0 Å². The van der Waals surface area contributed by atoms with E-state index in [0.29, 0.717) is 0 Å². The number of pyridine rings is 1. The van der Waals surface area contributed by atoms with Gasteiger partial charge in [-0.05, 0) is 32.5 Å². The van der Waals surface area contributed by atoms with Gasteiger partial charge >= 0.3 is 5.82 Å². The van der Waals surface area contributed by atoms with Gasteiger partial charge in [0.1, 0.15) is 5.56 Å². The molecule has 5 nitrogen and oxygen atoms in total. The van der Waals surface area contributed by atoms with Crippen molar-refractivity contribution >= 4 is 34.7 Å². The molecule has 0 N–H and O–H groups in total. The van der Waals surface area contributed by atoms with Crippen LogP contribution in [0.2, 0.25) is 0 Å². The van der Waals surface area contributed by atoms with Gasteiger partial charge in [0.05, 0.1) is 3.57 Å². The minimum Gasteiger partial charge on any atom is -0.358 e. The van der Waals surface area contributed by atoms with Gasteiger partial charge in [0.25, 0.3) is 6.43 Å². The number of carbonyl (C=O) groups is 1. The van der Waals surface area contributed by atoms with Gasteiger partial charge in [0, 0.05) is 5.56 Å². The molecule has 0 aliphatic heterocycles. The van der Waals surface area contributed by atoms with E-state index < -0.39 is 22.7 Å². The number of nitro groups is 1. The van der Waals surface area contributed by atoms with E-state index in [1.54, 1.807) is 22.6 Å². The number of carbonyl (C=O) groups excluding carboxylic acids is 1. The van der Waals surface area contributed by atoms with Crippen LogP contribution >= 0.6 is 22.6 Å². The van der Waals surface area contributed by atoms with E-state index in [-0.39, 0.29) is 15.4 Å². The fourth-order valence-electron chi connectivity index (χ4n) is 0.986.